The number of aromatic nitrogens is 5. The Kier molecular flexibility index (Phi) is 4.65. The third kappa shape index (κ3) is 3.56. The number of pyridine rings is 2. The fourth-order valence-electron chi connectivity index (χ4n) is 2.80. The molecule has 0 unspecified atom stereocenters. The van der Waals surface area contributed by atoms with Crippen LogP contribution < -0.4 is 10.9 Å². The van der Waals surface area contributed by atoms with Crippen LogP contribution in [0.3, 0.4) is 0 Å². The van der Waals surface area contributed by atoms with Gasteiger partial charge in [-0.15, -0.1) is 0 Å². The molecule has 0 aliphatic rings. The summed E-state index contributed by atoms with van der Waals surface area (Å²) in [6, 6.07) is 5.48. The number of hydrogen-bond donors (Lipinski definition) is 1. The van der Waals surface area contributed by atoms with Crippen LogP contribution in [0.5, 0.6) is 0 Å². The zero-order valence-electron chi connectivity index (χ0n) is 14.6. The fourth-order valence-corrected chi connectivity index (χ4v) is 2.95. The molecule has 154 valence electrons. The number of alkyl halides is 3. The molecule has 0 aliphatic heterocycles. The summed E-state index contributed by atoms with van der Waals surface area (Å²) in [4.78, 5) is 32.7. The van der Waals surface area contributed by atoms with Gasteiger partial charge in [0.15, 0.2) is 5.69 Å². The van der Waals surface area contributed by atoms with Crippen LogP contribution in [0.1, 0.15) is 5.69 Å². The van der Waals surface area contributed by atoms with E-state index in [1.807, 2.05) is 0 Å². The maximum atomic E-state index is 13.1. The van der Waals surface area contributed by atoms with Gasteiger partial charge in [-0.05, 0) is 24.3 Å². The van der Waals surface area contributed by atoms with Crippen LogP contribution in [-0.4, -0.2) is 30.1 Å². The van der Waals surface area contributed by atoms with E-state index in [4.69, 9.17) is 11.6 Å². The second kappa shape index (κ2) is 7.06. The molecule has 0 bridgehead atoms. The van der Waals surface area contributed by atoms with Crippen molar-refractivity contribution in [2.75, 3.05) is 5.32 Å². The molecule has 4 rings (SSSR count). The molecule has 4 aromatic rings. The smallest absolute Gasteiger partial charge is 0.309 e. The van der Waals surface area contributed by atoms with E-state index in [1.54, 1.807) is 0 Å². The summed E-state index contributed by atoms with van der Waals surface area (Å²) in [5.41, 5.74) is -2.57. The molecule has 0 atom stereocenters. The number of rotatable bonds is 3. The monoisotopic (exact) mass is 440 g/mol. The molecule has 0 radical (unpaired) electrons. The van der Waals surface area contributed by atoms with E-state index in [2.05, 4.69) is 20.4 Å². The highest BCUT2D eigenvalue weighted by molar-refractivity contribution is 6.29. The lowest BCUT2D eigenvalue weighted by Gasteiger charge is -2.12. The minimum atomic E-state index is -4.81. The first-order chi connectivity index (χ1) is 14.1. The highest BCUT2D eigenvalue weighted by atomic mass is 35.5. The summed E-state index contributed by atoms with van der Waals surface area (Å²) < 4.78 is 54.0. The van der Waals surface area contributed by atoms with Crippen molar-refractivity contribution in [2.24, 2.45) is 0 Å². The van der Waals surface area contributed by atoms with Crippen LogP contribution in [0.15, 0.2) is 41.3 Å². The number of fused-ring (bicyclic) bond motifs is 2. The van der Waals surface area contributed by atoms with Gasteiger partial charge in [0.25, 0.3) is 5.56 Å². The number of anilines is 1. The van der Waals surface area contributed by atoms with Crippen LogP contribution >= 0.6 is 11.6 Å². The molecule has 1 N–H and O–H groups in total. The number of amides is 1. The summed E-state index contributed by atoms with van der Waals surface area (Å²) in [7, 11) is 0. The molecule has 13 heteroatoms. The summed E-state index contributed by atoms with van der Waals surface area (Å²) in [5, 5.41) is 5.60. The number of nitrogens with one attached hydrogen (secondary N) is 1. The second-order valence-electron chi connectivity index (χ2n) is 6.10. The standard InChI is InChI=1S/C17H9ClF4N6O2/c18-11-3-2-9-15(24-11)27(7-13(29)25-12-4-1-8(19)6-23-12)14-5-10(17(20,21)22)26-28(14)16(9)30/h1-6H,7H2,(H,23,25,29). The Morgan fingerprint density at radius 1 is 1.20 bits per heavy atom. The summed E-state index contributed by atoms with van der Waals surface area (Å²) in [6.07, 6.45) is -3.93. The molecule has 0 saturated heterocycles. The number of carbonyl (C=O) groups excluding carboxylic acids is 1. The normalized spacial score (nSPS) is 11.9. The first-order valence-electron chi connectivity index (χ1n) is 8.21. The molecule has 4 aromatic heterocycles. The van der Waals surface area contributed by atoms with E-state index in [0.29, 0.717) is 10.6 Å². The SMILES string of the molecule is O=C(Cn1c2nc(Cl)ccc2c(=O)n2nc(C(F)(F)F)cc12)Nc1ccc(F)cn1. The van der Waals surface area contributed by atoms with E-state index in [9.17, 15) is 27.2 Å². The van der Waals surface area contributed by atoms with Gasteiger partial charge >= 0.3 is 6.18 Å². The predicted molar refractivity (Wildman–Crippen MR) is 97.6 cm³/mol. The molecular formula is C17H9ClF4N6O2. The quantitative estimate of drug-likeness (QED) is 0.390. The van der Waals surface area contributed by atoms with Crippen molar-refractivity contribution in [3.05, 3.63) is 63.5 Å². The molecule has 0 fully saturated rings. The van der Waals surface area contributed by atoms with Crippen LogP contribution in [0.25, 0.3) is 16.7 Å². The number of halogens is 5. The number of hydrogen-bond acceptors (Lipinski definition) is 5. The second-order valence-corrected chi connectivity index (χ2v) is 6.49. The van der Waals surface area contributed by atoms with Crippen molar-refractivity contribution in [1.29, 1.82) is 0 Å². The number of carbonyl (C=O) groups is 1. The zero-order valence-corrected chi connectivity index (χ0v) is 15.4. The van der Waals surface area contributed by atoms with Gasteiger partial charge in [0.2, 0.25) is 5.91 Å². The first-order valence-corrected chi connectivity index (χ1v) is 8.59. The maximum absolute atomic E-state index is 13.1. The molecule has 4 heterocycles. The zero-order chi connectivity index (χ0) is 21.6. The summed E-state index contributed by atoms with van der Waals surface area (Å²) in [5.74, 6) is -1.30. The Morgan fingerprint density at radius 3 is 2.63 bits per heavy atom. The Bertz CT molecular complexity index is 1350. The van der Waals surface area contributed by atoms with E-state index >= 15 is 0 Å². The van der Waals surface area contributed by atoms with Crippen molar-refractivity contribution >= 4 is 40.0 Å². The lowest BCUT2D eigenvalue weighted by atomic mass is 10.3. The van der Waals surface area contributed by atoms with E-state index < -0.39 is 35.7 Å². The Balaban J connectivity index is 1.86. The molecule has 0 spiro atoms. The summed E-state index contributed by atoms with van der Waals surface area (Å²) >= 11 is 5.88. The first kappa shape index (κ1) is 19.8. The average molecular weight is 441 g/mol. The van der Waals surface area contributed by atoms with E-state index in [1.165, 1.54) is 18.2 Å². The van der Waals surface area contributed by atoms with Crippen LogP contribution in [0, 0.1) is 5.82 Å². The van der Waals surface area contributed by atoms with Gasteiger partial charge in [0.05, 0.1) is 11.6 Å². The predicted octanol–water partition coefficient (Wildman–Crippen LogP) is 2.89. The van der Waals surface area contributed by atoms with Gasteiger partial charge < -0.3 is 9.88 Å². The highest BCUT2D eigenvalue weighted by Crippen LogP contribution is 2.29. The van der Waals surface area contributed by atoms with Gasteiger partial charge in [-0.1, -0.05) is 11.6 Å². The minimum absolute atomic E-state index is 0.0262. The third-order valence-electron chi connectivity index (χ3n) is 4.07. The van der Waals surface area contributed by atoms with Crippen molar-refractivity contribution in [1.82, 2.24) is 24.1 Å². The van der Waals surface area contributed by atoms with Crippen LogP contribution in [-0.2, 0) is 17.5 Å². The van der Waals surface area contributed by atoms with Crippen molar-refractivity contribution in [3.63, 3.8) is 0 Å². The largest absolute Gasteiger partial charge is 0.435 e. The van der Waals surface area contributed by atoms with Crippen molar-refractivity contribution < 1.29 is 22.4 Å². The van der Waals surface area contributed by atoms with Crippen LogP contribution in [0.4, 0.5) is 23.4 Å². The minimum Gasteiger partial charge on any atom is -0.309 e. The Hall–Kier alpha value is -3.54. The van der Waals surface area contributed by atoms with Gasteiger partial charge in [0, 0.05) is 6.07 Å². The van der Waals surface area contributed by atoms with Crippen LogP contribution in [0.2, 0.25) is 5.15 Å². The maximum Gasteiger partial charge on any atom is 0.435 e. The topological polar surface area (TPSA) is 94.2 Å². The molecule has 30 heavy (non-hydrogen) atoms. The molecule has 0 aromatic carbocycles. The van der Waals surface area contributed by atoms with Gasteiger partial charge in [-0.25, -0.2) is 14.4 Å². The summed E-state index contributed by atoms with van der Waals surface area (Å²) in [6.45, 7) is -0.546. The lowest BCUT2D eigenvalue weighted by Crippen LogP contribution is -2.25. The van der Waals surface area contributed by atoms with E-state index in [0.717, 1.165) is 16.8 Å². The van der Waals surface area contributed by atoms with Crippen molar-refractivity contribution in [3.8, 4) is 0 Å². The van der Waals surface area contributed by atoms with Gasteiger partial charge in [0.1, 0.15) is 34.6 Å². The Morgan fingerprint density at radius 2 is 1.97 bits per heavy atom. The lowest BCUT2D eigenvalue weighted by molar-refractivity contribution is -0.141. The van der Waals surface area contributed by atoms with E-state index in [-0.39, 0.29) is 27.7 Å². The van der Waals surface area contributed by atoms with Crippen molar-refractivity contribution in [2.45, 2.75) is 12.7 Å². The highest BCUT2D eigenvalue weighted by Gasteiger charge is 2.35. The molecule has 1 amide bonds. The fraction of sp³-hybridized carbons (Fsp3) is 0.118. The molecule has 8 nitrogen and oxygen atoms in total. The van der Waals surface area contributed by atoms with Gasteiger partial charge in [-0.3, -0.25) is 9.59 Å². The van der Waals surface area contributed by atoms with Gasteiger partial charge in [-0.2, -0.15) is 22.8 Å². The molecular weight excluding hydrogens is 432 g/mol. The molecule has 0 saturated carbocycles. The Labute approximate surface area is 168 Å². The third-order valence-corrected chi connectivity index (χ3v) is 4.28. The molecule has 0 aliphatic carbocycles. The average Bonchev–Trinajstić information content (AvgIpc) is 3.13. The number of nitrogens with zero attached hydrogens (tertiary/aromatic N) is 5.